The lowest BCUT2D eigenvalue weighted by molar-refractivity contribution is 0.102. The molecule has 3 heteroatoms. The van der Waals surface area contributed by atoms with Gasteiger partial charge in [-0.15, -0.1) is 11.8 Å². The Bertz CT molecular complexity index is 590. The minimum Gasteiger partial charge on any atom is -0.293 e. The van der Waals surface area contributed by atoms with Crippen LogP contribution in [0.3, 0.4) is 0 Å². The Hall–Kier alpha value is -1.61. The summed E-state index contributed by atoms with van der Waals surface area (Å²) in [5.74, 6) is 0.219. The predicted octanol–water partition coefficient (Wildman–Crippen LogP) is 4.42. The molecule has 0 N–H and O–H groups in total. The molecule has 0 aliphatic carbocycles. The average molecular weight is 274 g/mol. The summed E-state index contributed by atoms with van der Waals surface area (Å²) < 4.78 is 12.8. The zero-order chi connectivity index (χ0) is 13.8. The van der Waals surface area contributed by atoms with Crippen molar-refractivity contribution >= 4 is 17.5 Å². The number of thioether (sulfide) groups is 1. The van der Waals surface area contributed by atoms with E-state index in [1.54, 1.807) is 12.1 Å². The standard InChI is InChI=1S/C16H15FOS/c1-11-3-4-12(2)15(9-11)16(18)10-19-14-7-5-13(17)6-8-14/h3-9H,10H2,1-2H3. The molecular formula is C16H15FOS. The second-order valence-electron chi connectivity index (χ2n) is 4.48. The molecule has 0 saturated carbocycles. The number of hydrogen-bond donors (Lipinski definition) is 0. The highest BCUT2D eigenvalue weighted by atomic mass is 32.2. The van der Waals surface area contributed by atoms with Crippen LogP contribution >= 0.6 is 11.8 Å². The second kappa shape index (κ2) is 6.02. The Morgan fingerprint density at radius 1 is 1.11 bits per heavy atom. The number of aryl methyl sites for hydroxylation is 2. The Morgan fingerprint density at radius 2 is 1.79 bits per heavy atom. The first kappa shape index (κ1) is 13.8. The van der Waals surface area contributed by atoms with Gasteiger partial charge in [0.1, 0.15) is 5.82 Å². The Morgan fingerprint density at radius 3 is 2.47 bits per heavy atom. The first-order valence-corrected chi connectivity index (χ1v) is 7.03. The van der Waals surface area contributed by atoms with Crippen LogP contribution in [0.5, 0.6) is 0 Å². The number of halogens is 1. The smallest absolute Gasteiger partial charge is 0.173 e. The average Bonchev–Trinajstić information content (AvgIpc) is 2.40. The topological polar surface area (TPSA) is 17.1 Å². The fourth-order valence-corrected chi connectivity index (χ4v) is 2.58. The van der Waals surface area contributed by atoms with Crippen LogP contribution in [-0.2, 0) is 0 Å². The molecule has 98 valence electrons. The van der Waals surface area contributed by atoms with Gasteiger partial charge >= 0.3 is 0 Å². The van der Waals surface area contributed by atoms with Gasteiger partial charge in [0.25, 0.3) is 0 Å². The first-order chi connectivity index (χ1) is 9.06. The monoisotopic (exact) mass is 274 g/mol. The van der Waals surface area contributed by atoms with E-state index in [2.05, 4.69) is 0 Å². The highest BCUT2D eigenvalue weighted by molar-refractivity contribution is 8.00. The Labute approximate surface area is 116 Å². The van der Waals surface area contributed by atoms with Crippen LogP contribution in [0.4, 0.5) is 4.39 Å². The molecule has 0 spiro atoms. The Balaban J connectivity index is 2.05. The lowest BCUT2D eigenvalue weighted by atomic mass is 10.0. The molecule has 1 nitrogen and oxygen atoms in total. The van der Waals surface area contributed by atoms with Crippen LogP contribution in [0.15, 0.2) is 47.4 Å². The molecule has 0 atom stereocenters. The molecule has 0 saturated heterocycles. The van der Waals surface area contributed by atoms with Gasteiger partial charge in [-0.05, 0) is 49.7 Å². The van der Waals surface area contributed by atoms with E-state index in [1.165, 1.54) is 23.9 Å². The molecule has 0 aromatic heterocycles. The molecule has 0 amide bonds. The number of ketones is 1. The van der Waals surface area contributed by atoms with Gasteiger partial charge in [0, 0.05) is 10.5 Å². The van der Waals surface area contributed by atoms with Crippen LogP contribution < -0.4 is 0 Å². The van der Waals surface area contributed by atoms with E-state index in [0.29, 0.717) is 5.75 Å². The van der Waals surface area contributed by atoms with Crippen molar-refractivity contribution in [3.05, 3.63) is 65.0 Å². The normalized spacial score (nSPS) is 10.5. The van der Waals surface area contributed by atoms with Crippen molar-refractivity contribution in [2.24, 2.45) is 0 Å². The number of carbonyl (C=O) groups is 1. The number of rotatable bonds is 4. The van der Waals surface area contributed by atoms with E-state index >= 15 is 0 Å². The highest BCUT2D eigenvalue weighted by Crippen LogP contribution is 2.21. The van der Waals surface area contributed by atoms with Crippen molar-refractivity contribution in [1.82, 2.24) is 0 Å². The van der Waals surface area contributed by atoms with Gasteiger partial charge in [-0.25, -0.2) is 4.39 Å². The molecule has 0 radical (unpaired) electrons. The number of carbonyl (C=O) groups excluding carboxylic acids is 1. The number of Topliss-reactive ketones (excluding diaryl/α,β-unsaturated/α-hetero) is 1. The lowest BCUT2D eigenvalue weighted by Gasteiger charge is -2.06. The largest absolute Gasteiger partial charge is 0.293 e. The summed E-state index contributed by atoms with van der Waals surface area (Å²) in [6, 6.07) is 12.1. The summed E-state index contributed by atoms with van der Waals surface area (Å²) in [5, 5.41) is 0. The maximum Gasteiger partial charge on any atom is 0.173 e. The molecule has 0 unspecified atom stereocenters. The van der Waals surface area contributed by atoms with Crippen LogP contribution in [0, 0.1) is 19.7 Å². The highest BCUT2D eigenvalue weighted by Gasteiger charge is 2.09. The van der Waals surface area contributed by atoms with Crippen molar-refractivity contribution in [2.45, 2.75) is 18.7 Å². The summed E-state index contributed by atoms with van der Waals surface area (Å²) in [5.41, 5.74) is 2.85. The van der Waals surface area contributed by atoms with Crippen LogP contribution in [0.25, 0.3) is 0 Å². The van der Waals surface area contributed by atoms with E-state index in [0.717, 1.165) is 21.6 Å². The third-order valence-corrected chi connectivity index (χ3v) is 3.89. The summed E-state index contributed by atoms with van der Waals surface area (Å²) in [6.45, 7) is 3.92. The predicted molar refractivity (Wildman–Crippen MR) is 77.4 cm³/mol. The van der Waals surface area contributed by atoms with Gasteiger partial charge in [0.05, 0.1) is 5.75 Å². The third-order valence-electron chi connectivity index (χ3n) is 2.88. The van der Waals surface area contributed by atoms with Gasteiger partial charge in [-0.3, -0.25) is 4.79 Å². The van der Waals surface area contributed by atoms with Crippen LogP contribution in [0.1, 0.15) is 21.5 Å². The van der Waals surface area contributed by atoms with E-state index < -0.39 is 0 Å². The minimum atomic E-state index is -0.259. The van der Waals surface area contributed by atoms with E-state index in [-0.39, 0.29) is 11.6 Å². The lowest BCUT2D eigenvalue weighted by Crippen LogP contribution is -2.05. The van der Waals surface area contributed by atoms with E-state index in [1.807, 2.05) is 32.0 Å². The minimum absolute atomic E-state index is 0.107. The van der Waals surface area contributed by atoms with Gasteiger partial charge < -0.3 is 0 Å². The molecule has 0 fully saturated rings. The quantitative estimate of drug-likeness (QED) is 0.606. The maximum absolute atomic E-state index is 12.8. The third kappa shape index (κ3) is 3.67. The summed E-state index contributed by atoms with van der Waals surface area (Å²) in [7, 11) is 0. The van der Waals surface area contributed by atoms with Crippen molar-refractivity contribution in [1.29, 1.82) is 0 Å². The summed E-state index contributed by atoms with van der Waals surface area (Å²) >= 11 is 1.43. The molecule has 19 heavy (non-hydrogen) atoms. The van der Waals surface area contributed by atoms with Crippen molar-refractivity contribution < 1.29 is 9.18 Å². The van der Waals surface area contributed by atoms with Gasteiger partial charge in [0.2, 0.25) is 0 Å². The summed E-state index contributed by atoms with van der Waals surface area (Å²) in [4.78, 5) is 13.1. The van der Waals surface area contributed by atoms with E-state index in [4.69, 9.17) is 0 Å². The molecule has 0 bridgehead atoms. The van der Waals surface area contributed by atoms with E-state index in [9.17, 15) is 9.18 Å². The van der Waals surface area contributed by atoms with Crippen molar-refractivity contribution in [3.63, 3.8) is 0 Å². The maximum atomic E-state index is 12.8. The zero-order valence-electron chi connectivity index (χ0n) is 10.9. The zero-order valence-corrected chi connectivity index (χ0v) is 11.8. The van der Waals surface area contributed by atoms with Gasteiger partial charge in [-0.2, -0.15) is 0 Å². The fraction of sp³-hybridized carbons (Fsp3) is 0.188. The first-order valence-electron chi connectivity index (χ1n) is 6.05. The summed E-state index contributed by atoms with van der Waals surface area (Å²) in [6.07, 6.45) is 0. The van der Waals surface area contributed by atoms with Gasteiger partial charge in [0.15, 0.2) is 5.78 Å². The Kier molecular flexibility index (Phi) is 4.38. The molecule has 0 aliphatic heterocycles. The van der Waals surface area contributed by atoms with Crippen LogP contribution in [-0.4, -0.2) is 11.5 Å². The van der Waals surface area contributed by atoms with Crippen molar-refractivity contribution in [2.75, 3.05) is 5.75 Å². The number of benzene rings is 2. The SMILES string of the molecule is Cc1ccc(C)c(C(=O)CSc2ccc(F)cc2)c1. The molecule has 0 heterocycles. The van der Waals surface area contributed by atoms with Crippen LogP contribution in [0.2, 0.25) is 0 Å². The molecule has 0 aliphatic rings. The molecule has 2 aromatic rings. The number of hydrogen-bond acceptors (Lipinski definition) is 2. The van der Waals surface area contributed by atoms with Crippen molar-refractivity contribution in [3.8, 4) is 0 Å². The molecule has 2 rings (SSSR count). The van der Waals surface area contributed by atoms with Gasteiger partial charge in [-0.1, -0.05) is 17.7 Å². The fourth-order valence-electron chi connectivity index (χ4n) is 1.79. The molecular weight excluding hydrogens is 259 g/mol. The molecule has 2 aromatic carbocycles. The second-order valence-corrected chi connectivity index (χ2v) is 5.53.